The van der Waals surface area contributed by atoms with Crippen molar-refractivity contribution in [2.24, 2.45) is 0 Å². The van der Waals surface area contributed by atoms with Crippen molar-refractivity contribution in [2.75, 3.05) is 13.7 Å². The lowest BCUT2D eigenvalue weighted by Gasteiger charge is -2.24. The molecule has 5 nitrogen and oxygen atoms in total. The highest BCUT2D eigenvalue weighted by atomic mass is 35.5. The molecule has 26 heavy (non-hydrogen) atoms. The number of aryl methyl sites for hydroxylation is 1. The zero-order chi connectivity index (χ0) is 19.3. The lowest BCUT2D eigenvalue weighted by molar-refractivity contribution is -0.151. The van der Waals surface area contributed by atoms with Gasteiger partial charge in [-0.3, -0.25) is 9.78 Å². The Hall–Kier alpha value is -1.56. The van der Waals surface area contributed by atoms with Crippen LogP contribution >= 0.6 is 23.4 Å². The molecule has 1 aliphatic heterocycles. The standard InChI is InChI=1S/C19H24Cl2N2O3/c1-12(8-14(3)25-4)18(9-15-13(2)10-22-11-16(15)20)26-19(24)17-6-5-7-23(17)21/h8,10-11,17-18H,3,5-7,9H2,1-2,4H3/b12-8+/t17-,18-/m0/s1. The van der Waals surface area contributed by atoms with Gasteiger partial charge in [-0.25, -0.2) is 4.42 Å². The summed E-state index contributed by atoms with van der Waals surface area (Å²) in [6.45, 7) is 8.28. The van der Waals surface area contributed by atoms with Gasteiger partial charge in [0.25, 0.3) is 0 Å². The summed E-state index contributed by atoms with van der Waals surface area (Å²) >= 11 is 12.4. The van der Waals surface area contributed by atoms with Gasteiger partial charge in [0.2, 0.25) is 0 Å². The molecule has 2 heterocycles. The van der Waals surface area contributed by atoms with Crippen molar-refractivity contribution in [3.8, 4) is 0 Å². The fourth-order valence-corrected chi connectivity index (χ4v) is 3.47. The fraction of sp³-hybridized carbons (Fsp3) is 0.474. The number of rotatable bonds is 7. The van der Waals surface area contributed by atoms with Crippen LogP contribution in [0.25, 0.3) is 0 Å². The molecule has 0 bridgehead atoms. The number of halogens is 2. The monoisotopic (exact) mass is 398 g/mol. The molecule has 0 radical (unpaired) electrons. The smallest absolute Gasteiger partial charge is 0.325 e. The Balaban J connectivity index is 2.25. The molecule has 7 heteroatoms. The van der Waals surface area contributed by atoms with E-state index in [0.717, 1.165) is 23.1 Å². The Labute approximate surface area is 164 Å². The Bertz CT molecular complexity index is 686. The van der Waals surface area contributed by atoms with Crippen LogP contribution in [0.1, 0.15) is 30.9 Å². The van der Waals surface area contributed by atoms with Gasteiger partial charge >= 0.3 is 5.97 Å². The SMILES string of the molecule is C=C(/C=C(\C)[C@H](Cc1c(C)cncc1Cl)OC(=O)[C@@H]1CCCN1Cl)OC. The van der Waals surface area contributed by atoms with Crippen molar-refractivity contribution in [1.29, 1.82) is 0 Å². The van der Waals surface area contributed by atoms with Gasteiger partial charge in [0.05, 0.1) is 12.1 Å². The van der Waals surface area contributed by atoms with Gasteiger partial charge in [-0.1, -0.05) is 18.2 Å². The van der Waals surface area contributed by atoms with Crippen LogP contribution in [-0.4, -0.2) is 41.2 Å². The second kappa shape index (κ2) is 9.40. The average Bonchev–Trinajstić information content (AvgIpc) is 3.03. The van der Waals surface area contributed by atoms with Crippen LogP contribution in [0, 0.1) is 6.92 Å². The molecule has 0 N–H and O–H groups in total. The molecule has 1 saturated heterocycles. The van der Waals surface area contributed by atoms with E-state index < -0.39 is 12.1 Å². The summed E-state index contributed by atoms with van der Waals surface area (Å²) in [6, 6.07) is -0.424. The third-order valence-corrected chi connectivity index (χ3v) is 5.22. The second-order valence-corrected chi connectivity index (χ2v) is 7.23. The first-order chi connectivity index (χ1) is 12.3. The lowest BCUT2D eigenvalue weighted by atomic mass is 9.99. The quantitative estimate of drug-likeness (QED) is 0.297. The van der Waals surface area contributed by atoms with Gasteiger partial charge < -0.3 is 9.47 Å². The summed E-state index contributed by atoms with van der Waals surface area (Å²) in [6.07, 6.45) is 6.59. The number of esters is 1. The van der Waals surface area contributed by atoms with E-state index in [-0.39, 0.29) is 5.97 Å². The van der Waals surface area contributed by atoms with Crippen molar-refractivity contribution < 1.29 is 14.3 Å². The number of ether oxygens (including phenoxy) is 2. The van der Waals surface area contributed by atoms with Crippen molar-refractivity contribution >= 4 is 29.3 Å². The van der Waals surface area contributed by atoms with Gasteiger partial charge in [0.1, 0.15) is 17.9 Å². The summed E-state index contributed by atoms with van der Waals surface area (Å²) in [5.74, 6) is 0.155. The number of hydrogen-bond acceptors (Lipinski definition) is 5. The molecule has 2 atom stereocenters. The van der Waals surface area contributed by atoms with Crippen LogP contribution in [0.5, 0.6) is 0 Å². The number of aromatic nitrogens is 1. The van der Waals surface area contributed by atoms with Crippen LogP contribution in [0.15, 0.2) is 36.4 Å². The number of pyridine rings is 1. The highest BCUT2D eigenvalue weighted by Crippen LogP contribution is 2.26. The topological polar surface area (TPSA) is 51.7 Å². The van der Waals surface area contributed by atoms with E-state index >= 15 is 0 Å². The summed E-state index contributed by atoms with van der Waals surface area (Å²) in [4.78, 5) is 16.7. The summed E-state index contributed by atoms with van der Waals surface area (Å²) in [5.41, 5.74) is 2.65. The molecule has 0 saturated carbocycles. The Morgan fingerprint density at radius 1 is 1.54 bits per heavy atom. The molecule has 0 aliphatic carbocycles. The van der Waals surface area contributed by atoms with E-state index in [0.29, 0.717) is 30.2 Å². The van der Waals surface area contributed by atoms with E-state index in [2.05, 4.69) is 11.6 Å². The van der Waals surface area contributed by atoms with Crippen LogP contribution < -0.4 is 0 Å². The molecule has 0 unspecified atom stereocenters. The van der Waals surface area contributed by atoms with E-state index in [4.69, 9.17) is 32.9 Å². The van der Waals surface area contributed by atoms with Gasteiger partial charge in [-0.05, 0) is 61.2 Å². The van der Waals surface area contributed by atoms with Gasteiger partial charge in [0.15, 0.2) is 0 Å². The highest BCUT2D eigenvalue weighted by Gasteiger charge is 2.33. The molecule has 0 spiro atoms. The van der Waals surface area contributed by atoms with E-state index in [1.54, 1.807) is 25.6 Å². The lowest BCUT2D eigenvalue weighted by Crippen LogP contribution is -2.35. The first-order valence-electron chi connectivity index (χ1n) is 8.46. The molecule has 1 aromatic heterocycles. The number of carbonyl (C=O) groups excluding carboxylic acids is 1. The number of allylic oxidation sites excluding steroid dienone is 1. The van der Waals surface area contributed by atoms with E-state index in [1.807, 2.05) is 13.8 Å². The van der Waals surface area contributed by atoms with Crippen molar-refractivity contribution in [1.82, 2.24) is 9.40 Å². The molecule has 0 aromatic carbocycles. The summed E-state index contributed by atoms with van der Waals surface area (Å²) in [7, 11) is 1.54. The van der Waals surface area contributed by atoms with Crippen molar-refractivity contribution in [3.63, 3.8) is 0 Å². The largest absolute Gasteiger partial charge is 0.497 e. The van der Waals surface area contributed by atoms with Crippen LogP contribution in [0.2, 0.25) is 5.02 Å². The van der Waals surface area contributed by atoms with Gasteiger partial charge in [-0.2, -0.15) is 0 Å². The molecule has 1 aliphatic rings. The maximum atomic E-state index is 12.6. The second-order valence-electron chi connectivity index (χ2n) is 6.39. The predicted octanol–water partition coefficient (Wildman–Crippen LogP) is 4.22. The first kappa shape index (κ1) is 20.7. The summed E-state index contributed by atoms with van der Waals surface area (Å²) in [5, 5.41) is 0.546. The highest BCUT2D eigenvalue weighted by molar-refractivity contribution is 6.31. The minimum atomic E-state index is -0.501. The van der Waals surface area contributed by atoms with Crippen LogP contribution in [0.3, 0.4) is 0 Å². The summed E-state index contributed by atoms with van der Waals surface area (Å²) < 4.78 is 12.4. The normalized spacial score (nSPS) is 19.3. The maximum Gasteiger partial charge on any atom is 0.325 e. The minimum Gasteiger partial charge on any atom is -0.497 e. The molecular formula is C19H24Cl2N2O3. The third kappa shape index (κ3) is 5.22. The third-order valence-electron chi connectivity index (χ3n) is 4.49. The van der Waals surface area contributed by atoms with Crippen molar-refractivity contribution in [3.05, 3.63) is 52.5 Å². The number of nitrogens with zero attached hydrogens (tertiary/aromatic N) is 2. The van der Waals surface area contributed by atoms with Crippen molar-refractivity contribution in [2.45, 2.75) is 45.3 Å². The predicted molar refractivity (Wildman–Crippen MR) is 103 cm³/mol. The fourth-order valence-electron chi connectivity index (χ4n) is 2.89. The molecular weight excluding hydrogens is 375 g/mol. The molecule has 1 fully saturated rings. The van der Waals surface area contributed by atoms with Gasteiger partial charge in [-0.15, -0.1) is 0 Å². The molecule has 1 aromatic rings. The van der Waals surface area contributed by atoms with Gasteiger partial charge in [0, 0.05) is 25.4 Å². The van der Waals surface area contributed by atoms with Crippen LogP contribution in [-0.2, 0) is 20.7 Å². The minimum absolute atomic E-state index is 0.332. The Kier molecular flexibility index (Phi) is 7.50. The zero-order valence-electron chi connectivity index (χ0n) is 15.3. The molecule has 0 amide bonds. The number of carbonyl (C=O) groups is 1. The molecule has 142 valence electrons. The van der Waals surface area contributed by atoms with E-state index in [9.17, 15) is 4.79 Å². The maximum absolute atomic E-state index is 12.6. The first-order valence-corrected chi connectivity index (χ1v) is 9.18. The van der Waals surface area contributed by atoms with E-state index in [1.165, 1.54) is 4.42 Å². The average molecular weight is 399 g/mol. The Morgan fingerprint density at radius 3 is 2.85 bits per heavy atom. The Morgan fingerprint density at radius 2 is 2.27 bits per heavy atom. The van der Waals surface area contributed by atoms with Crippen LogP contribution in [0.4, 0.5) is 0 Å². The number of hydrogen-bond donors (Lipinski definition) is 0. The zero-order valence-corrected chi connectivity index (χ0v) is 16.8. The number of methoxy groups -OCH3 is 1. The molecule has 2 rings (SSSR count).